The van der Waals surface area contributed by atoms with Gasteiger partial charge in [-0.2, -0.15) is 13.2 Å². The zero-order valence-electron chi connectivity index (χ0n) is 7.94. The van der Waals surface area contributed by atoms with Crippen molar-refractivity contribution in [1.82, 2.24) is 4.98 Å². The molecule has 0 spiro atoms. The highest BCUT2D eigenvalue weighted by Gasteiger charge is 2.31. The molecule has 1 nitrogen and oxygen atoms in total. The minimum atomic E-state index is -4.99. The maximum atomic E-state index is 12.2. The van der Waals surface area contributed by atoms with Crippen LogP contribution < -0.4 is 0 Å². The summed E-state index contributed by atoms with van der Waals surface area (Å²) in [5.74, 6) is 0. The average molecular weight is 242 g/mol. The minimum absolute atomic E-state index is 0.200. The Kier molecular flexibility index (Phi) is 3.49. The lowest BCUT2D eigenvalue weighted by atomic mass is 9.83. The fourth-order valence-electron chi connectivity index (χ4n) is 1.10. The van der Waals surface area contributed by atoms with E-state index in [-0.39, 0.29) is 5.69 Å². The highest BCUT2D eigenvalue weighted by Crippen LogP contribution is 2.29. The molecule has 0 aliphatic carbocycles. The molecule has 1 aromatic heterocycles. The van der Waals surface area contributed by atoms with Gasteiger partial charge in [0.05, 0.1) is 5.56 Å². The van der Waals surface area contributed by atoms with Crippen molar-refractivity contribution in [3.8, 4) is 0 Å². The Labute approximate surface area is 87.5 Å². The van der Waals surface area contributed by atoms with E-state index in [0.29, 0.717) is 6.07 Å². The average Bonchev–Trinajstić information content (AvgIpc) is 2.13. The fourth-order valence-corrected chi connectivity index (χ4v) is 1.10. The summed E-state index contributed by atoms with van der Waals surface area (Å²) in [6, 6.07) is 1.37. The Morgan fingerprint density at radius 2 is 1.81 bits per heavy atom. The van der Waals surface area contributed by atoms with Gasteiger partial charge in [-0.15, -0.1) is 0 Å². The minimum Gasteiger partial charge on any atom is -0.449 e. The van der Waals surface area contributed by atoms with E-state index in [1.807, 2.05) is 0 Å². The SMILES string of the molecule is F[B-](F)(F)CCc1cc(C(F)(F)F)ccn1. The van der Waals surface area contributed by atoms with Crippen LogP contribution in [0.1, 0.15) is 11.3 Å². The van der Waals surface area contributed by atoms with Crippen LogP contribution in [0.3, 0.4) is 0 Å². The fraction of sp³-hybridized carbons (Fsp3) is 0.375. The molecule has 1 rings (SSSR count). The summed E-state index contributed by atoms with van der Waals surface area (Å²) >= 11 is 0. The summed E-state index contributed by atoms with van der Waals surface area (Å²) in [6.07, 6.45) is -5.33. The van der Waals surface area contributed by atoms with Crippen LogP contribution in [0.2, 0.25) is 6.32 Å². The molecule has 0 amide bonds. The van der Waals surface area contributed by atoms with Gasteiger partial charge >= 0.3 is 13.2 Å². The molecule has 16 heavy (non-hydrogen) atoms. The van der Waals surface area contributed by atoms with Crippen molar-refractivity contribution in [2.75, 3.05) is 0 Å². The van der Waals surface area contributed by atoms with Crippen LogP contribution >= 0.6 is 0 Å². The predicted octanol–water partition coefficient (Wildman–Crippen LogP) is 3.49. The molecule has 1 heterocycles. The van der Waals surface area contributed by atoms with E-state index in [1.54, 1.807) is 0 Å². The van der Waals surface area contributed by atoms with E-state index in [4.69, 9.17) is 0 Å². The van der Waals surface area contributed by atoms with Crippen LogP contribution in [-0.4, -0.2) is 12.0 Å². The van der Waals surface area contributed by atoms with E-state index in [0.717, 1.165) is 12.3 Å². The second-order valence-corrected chi connectivity index (χ2v) is 3.28. The Hall–Kier alpha value is -1.21. The highest BCUT2D eigenvalue weighted by molar-refractivity contribution is 6.58. The van der Waals surface area contributed by atoms with Crippen LogP contribution in [0.15, 0.2) is 18.3 Å². The summed E-state index contributed by atoms with van der Waals surface area (Å²) in [5, 5.41) is 0. The molecule has 0 aromatic carbocycles. The number of pyridine rings is 1. The van der Waals surface area contributed by atoms with E-state index in [9.17, 15) is 26.1 Å². The lowest BCUT2D eigenvalue weighted by Crippen LogP contribution is -2.16. The summed E-state index contributed by atoms with van der Waals surface area (Å²) < 4.78 is 72.3. The van der Waals surface area contributed by atoms with Crippen LogP contribution in [0.25, 0.3) is 0 Å². The van der Waals surface area contributed by atoms with Crippen molar-refractivity contribution in [2.24, 2.45) is 0 Å². The molecule has 90 valence electrons. The summed E-state index contributed by atoms with van der Waals surface area (Å²) in [6.45, 7) is -4.99. The van der Waals surface area contributed by atoms with Crippen molar-refractivity contribution in [1.29, 1.82) is 0 Å². The number of alkyl halides is 3. The van der Waals surface area contributed by atoms with Gasteiger partial charge in [-0.05, 0) is 18.6 Å². The zero-order valence-corrected chi connectivity index (χ0v) is 7.94. The van der Waals surface area contributed by atoms with Gasteiger partial charge in [0.2, 0.25) is 0 Å². The molecule has 0 N–H and O–H groups in total. The second kappa shape index (κ2) is 4.35. The quantitative estimate of drug-likeness (QED) is 0.583. The molecule has 0 aliphatic heterocycles. The number of nitrogens with zero attached hydrogens (tertiary/aromatic N) is 1. The molecule has 0 unspecified atom stereocenters. The molecule has 0 saturated carbocycles. The molecular formula is C8H7BF6N-. The summed E-state index contributed by atoms with van der Waals surface area (Å²) in [4.78, 5) is 3.47. The monoisotopic (exact) mass is 242 g/mol. The smallest absolute Gasteiger partial charge is 0.449 e. The van der Waals surface area contributed by atoms with Crippen molar-refractivity contribution in [2.45, 2.75) is 18.9 Å². The van der Waals surface area contributed by atoms with E-state index in [2.05, 4.69) is 4.98 Å². The Morgan fingerprint density at radius 3 is 2.31 bits per heavy atom. The van der Waals surface area contributed by atoms with Crippen molar-refractivity contribution in [3.05, 3.63) is 29.6 Å². The standard InChI is InChI=1S/C8H7BF6N/c10-8(11,12)6-2-4-16-7(5-6)1-3-9(13,14)15/h2,4-5H,1,3H2/q-1. The van der Waals surface area contributed by atoms with Gasteiger partial charge in [0, 0.05) is 11.9 Å². The number of hydrogen-bond donors (Lipinski definition) is 0. The topological polar surface area (TPSA) is 12.9 Å². The van der Waals surface area contributed by atoms with Crippen molar-refractivity contribution >= 4 is 6.98 Å². The summed E-state index contributed by atoms with van der Waals surface area (Å²) in [7, 11) is 0. The maximum Gasteiger partial charge on any atom is 0.478 e. The van der Waals surface area contributed by atoms with Crippen LogP contribution in [0, 0.1) is 0 Å². The van der Waals surface area contributed by atoms with Gasteiger partial charge in [-0.25, -0.2) is 0 Å². The molecule has 0 bridgehead atoms. The Morgan fingerprint density at radius 1 is 1.19 bits per heavy atom. The number of aromatic nitrogens is 1. The first-order chi connectivity index (χ1) is 7.18. The van der Waals surface area contributed by atoms with E-state index >= 15 is 0 Å². The molecule has 0 fully saturated rings. The normalized spacial score (nSPS) is 12.9. The first kappa shape index (κ1) is 12.9. The third kappa shape index (κ3) is 4.12. The number of halogens is 6. The van der Waals surface area contributed by atoms with Gasteiger partial charge in [-0.1, -0.05) is 6.32 Å². The molecule has 1 aromatic rings. The maximum absolute atomic E-state index is 12.2. The lowest BCUT2D eigenvalue weighted by molar-refractivity contribution is -0.137. The molecule has 0 aliphatic rings. The highest BCUT2D eigenvalue weighted by atomic mass is 19.4. The van der Waals surface area contributed by atoms with Crippen LogP contribution in [0.4, 0.5) is 26.1 Å². The predicted molar refractivity (Wildman–Crippen MR) is 46.8 cm³/mol. The largest absolute Gasteiger partial charge is 0.478 e. The molecule has 0 atom stereocenters. The zero-order chi connectivity index (χ0) is 12.4. The van der Waals surface area contributed by atoms with Crippen molar-refractivity contribution < 1.29 is 26.1 Å². The van der Waals surface area contributed by atoms with E-state index < -0.39 is 31.5 Å². The molecular weight excluding hydrogens is 235 g/mol. The van der Waals surface area contributed by atoms with Gasteiger partial charge < -0.3 is 12.9 Å². The van der Waals surface area contributed by atoms with Gasteiger partial charge in [0.1, 0.15) is 0 Å². The molecule has 0 radical (unpaired) electrons. The number of aryl methyl sites for hydroxylation is 1. The molecule has 8 heteroatoms. The Bertz CT molecular complexity index is 358. The third-order valence-electron chi connectivity index (χ3n) is 1.87. The van der Waals surface area contributed by atoms with E-state index in [1.165, 1.54) is 0 Å². The number of rotatable bonds is 3. The first-order valence-electron chi connectivity index (χ1n) is 4.41. The summed E-state index contributed by atoms with van der Waals surface area (Å²) in [5.41, 5.74) is -1.18. The third-order valence-corrected chi connectivity index (χ3v) is 1.87. The number of hydrogen-bond acceptors (Lipinski definition) is 1. The van der Waals surface area contributed by atoms with Crippen LogP contribution in [0.5, 0.6) is 0 Å². The first-order valence-corrected chi connectivity index (χ1v) is 4.41. The van der Waals surface area contributed by atoms with Gasteiger partial charge in [0.25, 0.3) is 0 Å². The Balaban J connectivity index is 2.76. The van der Waals surface area contributed by atoms with Crippen LogP contribution in [-0.2, 0) is 12.6 Å². The second-order valence-electron chi connectivity index (χ2n) is 3.28. The molecule has 0 saturated heterocycles. The van der Waals surface area contributed by atoms with Gasteiger partial charge in [-0.3, -0.25) is 4.98 Å². The van der Waals surface area contributed by atoms with Crippen molar-refractivity contribution in [3.63, 3.8) is 0 Å². The lowest BCUT2D eigenvalue weighted by Gasteiger charge is -2.13. The van der Waals surface area contributed by atoms with Gasteiger partial charge in [0.15, 0.2) is 0 Å².